The molecule has 6 nitrogen and oxygen atoms in total. The second-order valence-corrected chi connectivity index (χ2v) is 6.87. The van der Waals surface area contributed by atoms with Crippen molar-refractivity contribution in [3.05, 3.63) is 77.4 Å². The molecule has 0 spiro atoms. The molecule has 1 aromatic heterocycles. The molecule has 0 saturated carbocycles. The normalized spacial score (nSPS) is 15.4. The number of carbonyl (C=O) groups is 1. The van der Waals surface area contributed by atoms with Crippen molar-refractivity contribution in [3.8, 4) is 0 Å². The van der Waals surface area contributed by atoms with E-state index in [4.69, 9.17) is 0 Å². The molecule has 7 heteroatoms. The van der Waals surface area contributed by atoms with E-state index in [-0.39, 0.29) is 11.7 Å². The smallest absolute Gasteiger partial charge is 0.247 e. The van der Waals surface area contributed by atoms with Crippen LogP contribution >= 0.6 is 0 Å². The average molecular weight is 365 g/mol. The molecule has 1 atom stereocenters. The molecule has 0 radical (unpaired) electrons. The molecular weight excluding hydrogens is 345 g/mol. The summed E-state index contributed by atoms with van der Waals surface area (Å²) >= 11 is 0. The molecule has 3 aromatic rings. The molecule has 4 rings (SSSR count). The maximum Gasteiger partial charge on any atom is 0.247 e. The summed E-state index contributed by atoms with van der Waals surface area (Å²) < 4.78 is 14.8. The second-order valence-electron chi connectivity index (χ2n) is 6.87. The maximum absolute atomic E-state index is 13.2. The van der Waals surface area contributed by atoms with Gasteiger partial charge >= 0.3 is 0 Å². The molecule has 0 bridgehead atoms. The van der Waals surface area contributed by atoms with Crippen molar-refractivity contribution >= 4 is 5.91 Å². The quantitative estimate of drug-likeness (QED) is 0.697. The summed E-state index contributed by atoms with van der Waals surface area (Å²) in [6.07, 6.45) is 0.414. The highest BCUT2D eigenvalue weighted by atomic mass is 19.1. The van der Waals surface area contributed by atoms with Crippen LogP contribution < -0.4 is 0 Å². The van der Waals surface area contributed by atoms with E-state index in [0.29, 0.717) is 31.3 Å². The predicted octanol–water partition coefficient (Wildman–Crippen LogP) is 2.53. The van der Waals surface area contributed by atoms with Crippen LogP contribution in [0.1, 0.15) is 28.9 Å². The van der Waals surface area contributed by atoms with E-state index < -0.39 is 6.04 Å². The van der Waals surface area contributed by atoms with Gasteiger partial charge in [-0.2, -0.15) is 0 Å². The van der Waals surface area contributed by atoms with Gasteiger partial charge in [-0.25, -0.2) is 9.07 Å². The van der Waals surface area contributed by atoms with Gasteiger partial charge in [0.05, 0.1) is 0 Å². The first-order valence-electron chi connectivity index (χ1n) is 8.94. The summed E-state index contributed by atoms with van der Waals surface area (Å²) in [5.74, 6) is 0.628. The predicted molar refractivity (Wildman–Crippen MR) is 97.5 cm³/mol. The van der Waals surface area contributed by atoms with Crippen LogP contribution in [0.2, 0.25) is 0 Å². The number of hydrogen-bond donors (Lipinski definition) is 0. The van der Waals surface area contributed by atoms with Crippen molar-refractivity contribution in [3.63, 3.8) is 0 Å². The Morgan fingerprint density at radius 2 is 1.85 bits per heavy atom. The first kappa shape index (κ1) is 17.3. The van der Waals surface area contributed by atoms with E-state index in [1.54, 1.807) is 23.7 Å². The Morgan fingerprint density at radius 1 is 1.15 bits per heavy atom. The maximum atomic E-state index is 13.2. The van der Waals surface area contributed by atoms with Crippen molar-refractivity contribution in [2.45, 2.75) is 25.3 Å². The number of amides is 1. The third-order valence-electron chi connectivity index (χ3n) is 5.04. The van der Waals surface area contributed by atoms with E-state index in [0.717, 1.165) is 5.56 Å². The van der Waals surface area contributed by atoms with Gasteiger partial charge in [0.25, 0.3) is 0 Å². The van der Waals surface area contributed by atoms with E-state index in [1.807, 2.05) is 23.1 Å². The van der Waals surface area contributed by atoms with E-state index in [9.17, 15) is 9.18 Å². The van der Waals surface area contributed by atoms with Gasteiger partial charge in [0, 0.05) is 25.4 Å². The highest BCUT2D eigenvalue weighted by Gasteiger charge is 2.36. The number of carbonyl (C=O) groups excluding carboxylic acids is 1. The summed E-state index contributed by atoms with van der Waals surface area (Å²) in [4.78, 5) is 15.0. The van der Waals surface area contributed by atoms with Crippen molar-refractivity contribution in [2.75, 3.05) is 13.1 Å². The minimum atomic E-state index is -0.540. The number of rotatable bonds is 5. The summed E-state index contributed by atoms with van der Waals surface area (Å²) in [6, 6.07) is 15.9. The Bertz CT molecular complexity index is 919. The van der Waals surface area contributed by atoms with E-state index >= 15 is 0 Å². The Morgan fingerprint density at radius 3 is 2.48 bits per heavy atom. The van der Waals surface area contributed by atoms with E-state index in [1.165, 1.54) is 17.7 Å². The van der Waals surface area contributed by atoms with Crippen LogP contribution in [0.15, 0.2) is 54.6 Å². The van der Waals surface area contributed by atoms with Gasteiger partial charge in [-0.15, -0.1) is 5.10 Å². The second kappa shape index (κ2) is 7.26. The number of benzene rings is 2. The number of likely N-dealkylation sites (tertiary alicyclic amines) is 1. The fourth-order valence-electron chi connectivity index (χ4n) is 3.45. The number of hydrogen-bond acceptors (Lipinski definition) is 4. The topological polar surface area (TPSA) is 63.9 Å². The summed E-state index contributed by atoms with van der Waals surface area (Å²) in [7, 11) is 0. The third-order valence-corrected chi connectivity index (χ3v) is 5.04. The fraction of sp³-hybridized carbons (Fsp3) is 0.300. The molecule has 27 heavy (non-hydrogen) atoms. The molecule has 1 saturated heterocycles. The first-order chi connectivity index (χ1) is 13.1. The zero-order chi connectivity index (χ0) is 18.8. The molecule has 1 amide bonds. The lowest BCUT2D eigenvalue weighted by molar-refractivity contribution is -0.139. The van der Waals surface area contributed by atoms with Crippen molar-refractivity contribution in [2.24, 2.45) is 0 Å². The van der Waals surface area contributed by atoms with Gasteiger partial charge in [0.1, 0.15) is 17.7 Å². The van der Waals surface area contributed by atoms with Crippen molar-refractivity contribution < 1.29 is 9.18 Å². The SMILES string of the molecule is Cc1nnnn1C(Cc1ccc(F)cc1)C(=O)N1CC(c2ccccc2)C1. The van der Waals surface area contributed by atoms with Crippen LogP contribution in [0.3, 0.4) is 0 Å². The summed E-state index contributed by atoms with van der Waals surface area (Å²) in [5, 5.41) is 11.6. The van der Waals surface area contributed by atoms with Gasteiger partial charge in [-0.1, -0.05) is 42.5 Å². The molecule has 1 fully saturated rings. The van der Waals surface area contributed by atoms with Crippen LogP contribution in [0.4, 0.5) is 4.39 Å². The minimum Gasteiger partial charge on any atom is -0.339 e. The molecule has 0 aliphatic carbocycles. The molecule has 1 unspecified atom stereocenters. The lowest BCUT2D eigenvalue weighted by Gasteiger charge is -2.41. The average Bonchev–Trinajstić information content (AvgIpc) is 3.06. The Hall–Kier alpha value is -3.09. The monoisotopic (exact) mass is 365 g/mol. The molecule has 1 aliphatic rings. The van der Waals surface area contributed by atoms with Crippen LogP contribution in [0.5, 0.6) is 0 Å². The lowest BCUT2D eigenvalue weighted by atomic mass is 9.90. The minimum absolute atomic E-state index is 0.0121. The summed E-state index contributed by atoms with van der Waals surface area (Å²) in [6.45, 7) is 3.14. The van der Waals surface area contributed by atoms with Crippen LogP contribution in [-0.2, 0) is 11.2 Å². The number of tetrazole rings is 1. The molecule has 0 N–H and O–H groups in total. The zero-order valence-corrected chi connectivity index (χ0v) is 15.0. The summed E-state index contributed by atoms with van der Waals surface area (Å²) in [5.41, 5.74) is 2.11. The van der Waals surface area contributed by atoms with Gasteiger partial charge in [0.2, 0.25) is 5.91 Å². The number of aromatic nitrogens is 4. The molecule has 138 valence electrons. The zero-order valence-electron chi connectivity index (χ0n) is 15.0. The van der Waals surface area contributed by atoms with Crippen LogP contribution in [-0.4, -0.2) is 44.1 Å². The van der Waals surface area contributed by atoms with Gasteiger partial charge in [0.15, 0.2) is 0 Å². The van der Waals surface area contributed by atoms with Crippen molar-refractivity contribution in [1.29, 1.82) is 0 Å². The molecule has 2 aromatic carbocycles. The van der Waals surface area contributed by atoms with Crippen molar-refractivity contribution in [1.82, 2.24) is 25.1 Å². The Labute approximate surface area is 156 Å². The molecular formula is C20H20FN5O. The van der Waals surface area contributed by atoms with E-state index in [2.05, 4.69) is 27.7 Å². The Kier molecular flexibility index (Phi) is 4.66. The lowest BCUT2D eigenvalue weighted by Crippen LogP contribution is -2.51. The van der Waals surface area contributed by atoms with Crippen LogP contribution in [0, 0.1) is 12.7 Å². The fourth-order valence-corrected chi connectivity index (χ4v) is 3.45. The van der Waals surface area contributed by atoms with Gasteiger partial charge < -0.3 is 4.90 Å². The van der Waals surface area contributed by atoms with Crippen LogP contribution in [0.25, 0.3) is 0 Å². The number of halogens is 1. The highest BCUT2D eigenvalue weighted by Crippen LogP contribution is 2.30. The molecule has 1 aliphatic heterocycles. The third kappa shape index (κ3) is 3.58. The molecule has 2 heterocycles. The number of aryl methyl sites for hydroxylation is 1. The largest absolute Gasteiger partial charge is 0.339 e. The number of nitrogens with zero attached hydrogens (tertiary/aromatic N) is 5. The first-order valence-corrected chi connectivity index (χ1v) is 8.94. The Balaban J connectivity index is 1.51. The standard InChI is InChI=1S/C20H20FN5O/c1-14-22-23-24-26(14)19(11-15-7-9-18(21)10-8-15)20(27)25-12-17(13-25)16-5-3-2-4-6-16/h2-10,17,19H,11-13H2,1H3. The van der Waals surface area contributed by atoms with Gasteiger partial charge in [-0.05, 0) is 40.6 Å². The highest BCUT2D eigenvalue weighted by molar-refractivity contribution is 5.81. The van der Waals surface area contributed by atoms with Gasteiger partial charge in [-0.3, -0.25) is 4.79 Å².